The van der Waals surface area contributed by atoms with Crippen molar-refractivity contribution in [2.45, 2.75) is 45.0 Å². The number of hydrogen-bond acceptors (Lipinski definition) is 1. The van der Waals surface area contributed by atoms with Crippen LogP contribution in [0.1, 0.15) is 38.5 Å². The number of aliphatic carboxylic acids is 1. The van der Waals surface area contributed by atoms with Gasteiger partial charge >= 0.3 is 5.97 Å². The van der Waals surface area contributed by atoms with Crippen LogP contribution in [0.3, 0.4) is 0 Å². The van der Waals surface area contributed by atoms with E-state index in [9.17, 15) is 13.6 Å². The van der Waals surface area contributed by atoms with Crippen LogP contribution in [0.5, 0.6) is 0 Å². The molecule has 0 aromatic rings. The molecule has 1 aliphatic rings. The monoisotopic (exact) mass is 192 g/mol. The van der Waals surface area contributed by atoms with Gasteiger partial charge in [0, 0.05) is 6.42 Å². The van der Waals surface area contributed by atoms with Crippen molar-refractivity contribution in [3.8, 4) is 0 Å². The van der Waals surface area contributed by atoms with Gasteiger partial charge in [0.25, 0.3) is 0 Å². The van der Waals surface area contributed by atoms with Gasteiger partial charge in [0.1, 0.15) is 0 Å². The molecule has 13 heavy (non-hydrogen) atoms. The molecule has 1 fully saturated rings. The predicted molar refractivity (Wildman–Crippen MR) is 43.8 cm³/mol. The number of carboxylic acid groups (broad SMARTS) is 1. The summed E-state index contributed by atoms with van der Waals surface area (Å²) in [5.74, 6) is -0.898. The Balaban J connectivity index is 2.52. The zero-order valence-electron chi connectivity index (χ0n) is 7.43. The van der Waals surface area contributed by atoms with Crippen LogP contribution in [0, 0.1) is 5.41 Å². The molecule has 0 aromatic carbocycles. The molecule has 0 atom stereocenters. The number of hydrogen-bond donors (Lipinski definition) is 1. The average molecular weight is 192 g/mol. The Hall–Kier alpha value is -0.670. The highest BCUT2D eigenvalue weighted by Gasteiger charge is 2.41. The zero-order chi connectivity index (χ0) is 9.90. The molecule has 0 saturated heterocycles. The third kappa shape index (κ3) is 2.39. The predicted octanol–water partition coefficient (Wildman–Crippen LogP) is 2.68. The van der Waals surface area contributed by atoms with Gasteiger partial charge in [0.05, 0.1) is 5.41 Å². The molecule has 0 radical (unpaired) electrons. The lowest BCUT2D eigenvalue weighted by Crippen LogP contribution is -2.28. The van der Waals surface area contributed by atoms with Gasteiger partial charge in [-0.25, -0.2) is 8.78 Å². The molecule has 76 valence electrons. The Kier molecular flexibility index (Phi) is 3.22. The van der Waals surface area contributed by atoms with E-state index in [-0.39, 0.29) is 12.8 Å². The molecular formula is C9H14F2O2. The van der Waals surface area contributed by atoms with Gasteiger partial charge in [-0.05, 0) is 19.3 Å². The Morgan fingerprint density at radius 1 is 1.38 bits per heavy atom. The molecular weight excluding hydrogens is 178 g/mol. The second-order valence-electron chi connectivity index (χ2n) is 3.72. The molecule has 1 rings (SSSR count). The summed E-state index contributed by atoms with van der Waals surface area (Å²) in [6, 6.07) is 0. The summed E-state index contributed by atoms with van der Waals surface area (Å²) < 4.78 is 23.9. The molecule has 1 N–H and O–H groups in total. The molecule has 0 amide bonds. The molecule has 0 bridgehead atoms. The maximum absolute atomic E-state index is 11.9. The van der Waals surface area contributed by atoms with Gasteiger partial charge in [0.2, 0.25) is 6.43 Å². The molecule has 0 unspecified atom stereocenters. The summed E-state index contributed by atoms with van der Waals surface area (Å²) in [5.41, 5.74) is -0.837. The molecule has 2 nitrogen and oxygen atoms in total. The molecule has 0 aliphatic heterocycles. The lowest BCUT2D eigenvalue weighted by Gasteiger charge is -2.23. The maximum Gasteiger partial charge on any atom is 0.309 e. The summed E-state index contributed by atoms with van der Waals surface area (Å²) in [5, 5.41) is 8.93. The van der Waals surface area contributed by atoms with Crippen LogP contribution in [0.2, 0.25) is 0 Å². The first-order valence-corrected chi connectivity index (χ1v) is 4.58. The SMILES string of the molecule is O=C(O)C1(CCC(F)F)CCCC1. The van der Waals surface area contributed by atoms with Crippen LogP contribution in [0.15, 0.2) is 0 Å². The fourth-order valence-corrected chi connectivity index (χ4v) is 2.01. The number of carboxylic acids is 1. The summed E-state index contributed by atoms with van der Waals surface area (Å²) in [7, 11) is 0. The maximum atomic E-state index is 11.9. The van der Waals surface area contributed by atoms with Crippen molar-refractivity contribution in [3.05, 3.63) is 0 Å². The number of halogens is 2. The zero-order valence-corrected chi connectivity index (χ0v) is 7.43. The second-order valence-corrected chi connectivity index (χ2v) is 3.72. The molecule has 0 spiro atoms. The topological polar surface area (TPSA) is 37.3 Å². The fraction of sp³-hybridized carbons (Fsp3) is 0.889. The molecule has 0 heterocycles. The third-order valence-corrected chi connectivity index (χ3v) is 2.86. The Labute approximate surface area is 75.9 Å². The highest BCUT2D eigenvalue weighted by atomic mass is 19.3. The first kappa shape index (κ1) is 10.4. The molecule has 1 aliphatic carbocycles. The Morgan fingerprint density at radius 3 is 2.31 bits per heavy atom. The summed E-state index contributed by atoms with van der Waals surface area (Å²) in [6.07, 6.45) is 0.304. The van der Waals surface area contributed by atoms with Crippen LogP contribution in [-0.4, -0.2) is 17.5 Å². The summed E-state index contributed by atoms with van der Waals surface area (Å²) in [4.78, 5) is 10.9. The van der Waals surface area contributed by atoms with Crippen molar-refractivity contribution >= 4 is 5.97 Å². The molecule has 4 heteroatoms. The van der Waals surface area contributed by atoms with Crippen LogP contribution < -0.4 is 0 Å². The lowest BCUT2D eigenvalue weighted by molar-refractivity contribution is -0.149. The van der Waals surface area contributed by atoms with E-state index in [1.165, 1.54) is 0 Å². The highest BCUT2D eigenvalue weighted by Crippen LogP contribution is 2.42. The Bertz CT molecular complexity index is 186. The molecule has 1 saturated carbocycles. The van der Waals surface area contributed by atoms with E-state index < -0.39 is 17.8 Å². The summed E-state index contributed by atoms with van der Waals surface area (Å²) in [6.45, 7) is 0. The van der Waals surface area contributed by atoms with E-state index in [4.69, 9.17) is 5.11 Å². The number of carbonyl (C=O) groups is 1. The van der Waals surface area contributed by atoms with Gasteiger partial charge in [-0.1, -0.05) is 12.8 Å². The van der Waals surface area contributed by atoms with E-state index in [2.05, 4.69) is 0 Å². The first-order chi connectivity index (χ1) is 6.07. The van der Waals surface area contributed by atoms with Crippen LogP contribution in [0.25, 0.3) is 0 Å². The van der Waals surface area contributed by atoms with Crippen molar-refractivity contribution in [1.82, 2.24) is 0 Å². The van der Waals surface area contributed by atoms with Crippen molar-refractivity contribution in [1.29, 1.82) is 0 Å². The highest BCUT2D eigenvalue weighted by molar-refractivity contribution is 5.74. The van der Waals surface area contributed by atoms with Crippen molar-refractivity contribution < 1.29 is 18.7 Å². The third-order valence-electron chi connectivity index (χ3n) is 2.86. The van der Waals surface area contributed by atoms with Crippen LogP contribution in [0.4, 0.5) is 8.78 Å². The van der Waals surface area contributed by atoms with Crippen LogP contribution >= 0.6 is 0 Å². The van der Waals surface area contributed by atoms with E-state index >= 15 is 0 Å². The van der Waals surface area contributed by atoms with Gasteiger partial charge in [0.15, 0.2) is 0 Å². The minimum atomic E-state index is -2.38. The van der Waals surface area contributed by atoms with Gasteiger partial charge in [-0.15, -0.1) is 0 Å². The second kappa shape index (κ2) is 4.03. The summed E-state index contributed by atoms with van der Waals surface area (Å²) >= 11 is 0. The average Bonchev–Trinajstić information content (AvgIpc) is 2.50. The normalized spacial score (nSPS) is 20.8. The number of rotatable bonds is 4. The van der Waals surface area contributed by atoms with Gasteiger partial charge in [-0.3, -0.25) is 4.79 Å². The van der Waals surface area contributed by atoms with E-state index in [0.717, 1.165) is 12.8 Å². The number of alkyl halides is 2. The lowest BCUT2D eigenvalue weighted by atomic mass is 9.82. The fourth-order valence-electron chi connectivity index (χ4n) is 2.01. The molecule has 0 aromatic heterocycles. The van der Waals surface area contributed by atoms with Crippen molar-refractivity contribution in [3.63, 3.8) is 0 Å². The van der Waals surface area contributed by atoms with Crippen LogP contribution in [-0.2, 0) is 4.79 Å². The van der Waals surface area contributed by atoms with Gasteiger partial charge < -0.3 is 5.11 Å². The van der Waals surface area contributed by atoms with Gasteiger partial charge in [-0.2, -0.15) is 0 Å². The van der Waals surface area contributed by atoms with E-state index in [1.54, 1.807) is 0 Å². The van der Waals surface area contributed by atoms with Crippen molar-refractivity contribution in [2.24, 2.45) is 5.41 Å². The largest absolute Gasteiger partial charge is 0.481 e. The smallest absolute Gasteiger partial charge is 0.309 e. The van der Waals surface area contributed by atoms with E-state index in [1.807, 2.05) is 0 Å². The Morgan fingerprint density at radius 2 is 1.92 bits per heavy atom. The quantitative estimate of drug-likeness (QED) is 0.743. The minimum absolute atomic E-state index is 0.125. The van der Waals surface area contributed by atoms with Crippen molar-refractivity contribution in [2.75, 3.05) is 0 Å². The van der Waals surface area contributed by atoms with E-state index in [0.29, 0.717) is 12.8 Å². The standard InChI is InChI=1S/C9H14F2O2/c10-7(11)3-6-9(8(12)13)4-1-2-5-9/h7H,1-6H2,(H,12,13). The first-order valence-electron chi connectivity index (χ1n) is 4.58. The minimum Gasteiger partial charge on any atom is -0.481 e.